The van der Waals surface area contributed by atoms with Gasteiger partial charge in [-0.15, -0.1) is 11.3 Å². The van der Waals surface area contributed by atoms with Crippen LogP contribution in [0.4, 0.5) is 5.00 Å². The summed E-state index contributed by atoms with van der Waals surface area (Å²) in [5, 5.41) is 2.96. The van der Waals surface area contributed by atoms with Gasteiger partial charge in [-0.2, -0.15) is 0 Å². The Morgan fingerprint density at radius 1 is 1.80 bits per heavy atom. The zero-order chi connectivity index (χ0) is 7.23. The maximum Gasteiger partial charge on any atom is 0.175 e. The van der Waals surface area contributed by atoms with E-state index in [2.05, 4.69) is 4.99 Å². The van der Waals surface area contributed by atoms with Crippen LogP contribution in [0.2, 0.25) is 0 Å². The molecular weight excluding hydrogens is 146 g/mol. The number of aliphatic imine (C=N–C) groups is 1. The van der Waals surface area contributed by atoms with Crippen molar-refractivity contribution in [2.75, 3.05) is 6.61 Å². The van der Waals surface area contributed by atoms with Crippen LogP contribution >= 0.6 is 11.3 Å². The lowest BCUT2D eigenvalue weighted by Gasteiger charge is -1.88. The zero-order valence-electron chi connectivity index (χ0n) is 5.78. The minimum atomic E-state index is 0.675. The van der Waals surface area contributed by atoms with Crippen molar-refractivity contribution in [3.8, 4) is 0 Å². The molecule has 3 heteroatoms. The normalized spacial score (nSPS) is 10.5. The van der Waals surface area contributed by atoms with Gasteiger partial charge in [-0.05, 0) is 24.4 Å². The van der Waals surface area contributed by atoms with E-state index in [0.717, 1.165) is 5.00 Å². The molecule has 0 bridgehead atoms. The van der Waals surface area contributed by atoms with Crippen molar-refractivity contribution in [3.63, 3.8) is 0 Å². The van der Waals surface area contributed by atoms with Crippen LogP contribution in [0.25, 0.3) is 0 Å². The standard InChI is InChI=1S/C7H9NOS/c1-2-9-6-8-7-4-3-5-10-7/h3-6H,2H2,1H3. The second-order valence-corrected chi connectivity index (χ2v) is 2.57. The van der Waals surface area contributed by atoms with Crippen molar-refractivity contribution in [2.24, 2.45) is 4.99 Å². The zero-order valence-corrected chi connectivity index (χ0v) is 6.60. The third-order valence-corrected chi connectivity index (χ3v) is 1.70. The molecule has 10 heavy (non-hydrogen) atoms. The van der Waals surface area contributed by atoms with Crippen molar-refractivity contribution in [2.45, 2.75) is 6.92 Å². The molecule has 0 atom stereocenters. The van der Waals surface area contributed by atoms with Crippen LogP contribution < -0.4 is 0 Å². The van der Waals surface area contributed by atoms with E-state index in [1.165, 1.54) is 6.40 Å². The molecule has 0 aliphatic heterocycles. The van der Waals surface area contributed by atoms with Gasteiger partial charge in [0.2, 0.25) is 0 Å². The molecule has 0 aliphatic carbocycles. The molecule has 0 unspecified atom stereocenters. The minimum absolute atomic E-state index is 0.675. The average Bonchev–Trinajstić information content (AvgIpc) is 2.41. The van der Waals surface area contributed by atoms with Gasteiger partial charge in [-0.25, -0.2) is 4.99 Å². The number of thiophene rings is 1. The van der Waals surface area contributed by atoms with E-state index in [1.807, 2.05) is 24.4 Å². The van der Waals surface area contributed by atoms with Crippen molar-refractivity contribution >= 4 is 22.7 Å². The van der Waals surface area contributed by atoms with Gasteiger partial charge >= 0.3 is 0 Å². The SMILES string of the molecule is CCOC=Nc1cccs1. The Morgan fingerprint density at radius 2 is 2.70 bits per heavy atom. The third kappa shape index (κ3) is 2.19. The Kier molecular flexibility index (Phi) is 2.96. The molecular formula is C7H9NOS. The summed E-state index contributed by atoms with van der Waals surface area (Å²) in [6.07, 6.45) is 1.48. The first-order valence-electron chi connectivity index (χ1n) is 3.11. The predicted octanol–water partition coefficient (Wildman–Crippen LogP) is 2.44. The van der Waals surface area contributed by atoms with Crippen LogP contribution in [0.1, 0.15) is 6.92 Å². The van der Waals surface area contributed by atoms with Crippen molar-refractivity contribution < 1.29 is 4.74 Å². The predicted molar refractivity (Wildman–Crippen MR) is 44.1 cm³/mol. The Labute approximate surface area is 64.2 Å². The third-order valence-electron chi connectivity index (χ3n) is 0.927. The number of rotatable bonds is 3. The molecule has 1 heterocycles. The Morgan fingerprint density at radius 3 is 3.30 bits per heavy atom. The highest BCUT2D eigenvalue weighted by molar-refractivity contribution is 7.13. The van der Waals surface area contributed by atoms with Crippen LogP contribution in [0.5, 0.6) is 0 Å². The van der Waals surface area contributed by atoms with E-state index in [4.69, 9.17) is 4.74 Å². The highest BCUT2D eigenvalue weighted by atomic mass is 32.1. The van der Waals surface area contributed by atoms with E-state index in [9.17, 15) is 0 Å². The molecule has 2 nitrogen and oxygen atoms in total. The second-order valence-electron chi connectivity index (χ2n) is 1.64. The molecule has 0 radical (unpaired) electrons. The molecule has 1 aromatic heterocycles. The van der Waals surface area contributed by atoms with Crippen LogP contribution in [-0.2, 0) is 4.74 Å². The van der Waals surface area contributed by atoms with Crippen molar-refractivity contribution in [1.82, 2.24) is 0 Å². The van der Waals surface area contributed by atoms with E-state index in [1.54, 1.807) is 11.3 Å². The number of hydrogen-bond acceptors (Lipinski definition) is 3. The molecule has 0 saturated heterocycles. The highest BCUT2D eigenvalue weighted by Crippen LogP contribution is 2.17. The molecule has 0 amide bonds. The van der Waals surface area contributed by atoms with Gasteiger partial charge in [0.25, 0.3) is 0 Å². The first-order valence-corrected chi connectivity index (χ1v) is 3.99. The molecule has 0 aliphatic rings. The smallest absolute Gasteiger partial charge is 0.175 e. The summed E-state index contributed by atoms with van der Waals surface area (Å²) >= 11 is 1.60. The van der Waals surface area contributed by atoms with Crippen LogP contribution in [0.15, 0.2) is 22.5 Å². The van der Waals surface area contributed by atoms with Gasteiger partial charge < -0.3 is 4.74 Å². The molecule has 0 fully saturated rings. The van der Waals surface area contributed by atoms with Gasteiger partial charge in [-0.3, -0.25) is 0 Å². The molecule has 0 N–H and O–H groups in total. The summed E-state index contributed by atoms with van der Waals surface area (Å²) in [4.78, 5) is 4.03. The van der Waals surface area contributed by atoms with Crippen molar-refractivity contribution in [3.05, 3.63) is 17.5 Å². The van der Waals surface area contributed by atoms with E-state index < -0.39 is 0 Å². The monoisotopic (exact) mass is 155 g/mol. The molecule has 0 saturated carbocycles. The largest absolute Gasteiger partial charge is 0.483 e. The molecule has 1 rings (SSSR count). The molecule has 0 spiro atoms. The van der Waals surface area contributed by atoms with Gasteiger partial charge in [0.05, 0.1) is 6.61 Å². The Hall–Kier alpha value is -0.830. The van der Waals surface area contributed by atoms with E-state index in [0.29, 0.717) is 6.61 Å². The molecule has 54 valence electrons. The van der Waals surface area contributed by atoms with E-state index in [-0.39, 0.29) is 0 Å². The summed E-state index contributed by atoms with van der Waals surface area (Å²) < 4.78 is 4.92. The van der Waals surface area contributed by atoms with Gasteiger partial charge in [0.15, 0.2) is 6.40 Å². The summed E-state index contributed by atoms with van der Waals surface area (Å²) in [6.45, 7) is 2.61. The summed E-state index contributed by atoms with van der Waals surface area (Å²) in [5.41, 5.74) is 0. The van der Waals surface area contributed by atoms with E-state index >= 15 is 0 Å². The van der Waals surface area contributed by atoms with Gasteiger partial charge in [0.1, 0.15) is 5.00 Å². The van der Waals surface area contributed by atoms with Crippen LogP contribution in [0.3, 0.4) is 0 Å². The fraction of sp³-hybridized carbons (Fsp3) is 0.286. The maximum atomic E-state index is 4.92. The topological polar surface area (TPSA) is 21.6 Å². The maximum absolute atomic E-state index is 4.92. The van der Waals surface area contributed by atoms with Crippen molar-refractivity contribution in [1.29, 1.82) is 0 Å². The Balaban J connectivity index is 2.40. The number of nitrogens with zero attached hydrogens (tertiary/aromatic N) is 1. The lowest BCUT2D eigenvalue weighted by Crippen LogP contribution is -1.82. The lowest BCUT2D eigenvalue weighted by molar-refractivity contribution is 0.344. The van der Waals surface area contributed by atoms with Gasteiger partial charge in [-0.1, -0.05) is 0 Å². The summed E-state index contributed by atoms with van der Waals surface area (Å²) in [7, 11) is 0. The lowest BCUT2D eigenvalue weighted by atomic mass is 10.6. The first-order chi connectivity index (χ1) is 4.93. The highest BCUT2D eigenvalue weighted by Gasteiger charge is 1.83. The summed E-state index contributed by atoms with van der Waals surface area (Å²) in [6, 6.07) is 3.91. The molecule has 1 aromatic rings. The second kappa shape index (κ2) is 4.06. The minimum Gasteiger partial charge on any atom is -0.483 e. The average molecular weight is 155 g/mol. The van der Waals surface area contributed by atoms with Gasteiger partial charge in [0, 0.05) is 0 Å². The summed E-state index contributed by atoms with van der Waals surface area (Å²) in [5.74, 6) is 0. The van der Waals surface area contributed by atoms with Crippen LogP contribution in [0, 0.1) is 0 Å². The first kappa shape index (κ1) is 7.28. The van der Waals surface area contributed by atoms with Crippen LogP contribution in [-0.4, -0.2) is 13.0 Å². The quantitative estimate of drug-likeness (QED) is 0.485. The molecule has 0 aromatic carbocycles. The number of hydrogen-bond donors (Lipinski definition) is 0. The fourth-order valence-corrected chi connectivity index (χ4v) is 1.06. The number of ether oxygens (including phenoxy) is 1. The Bertz CT molecular complexity index is 193. The fourth-order valence-electron chi connectivity index (χ4n) is 0.507.